The van der Waals surface area contributed by atoms with E-state index in [-0.39, 0.29) is 28.9 Å². The van der Waals surface area contributed by atoms with Crippen molar-refractivity contribution in [3.05, 3.63) is 173 Å². The summed E-state index contributed by atoms with van der Waals surface area (Å²) in [5.41, 5.74) is 0.833. The van der Waals surface area contributed by atoms with Crippen molar-refractivity contribution in [3.63, 3.8) is 0 Å². The molecular weight excluding hydrogens is 681 g/mol. The van der Waals surface area contributed by atoms with E-state index in [1.54, 1.807) is 30.3 Å². The zero-order valence-electron chi connectivity index (χ0n) is 29.1. The zero-order chi connectivity index (χ0) is 36.4. The maximum absolute atomic E-state index is 13.5. The molecule has 8 rings (SSSR count). The van der Waals surface area contributed by atoms with Crippen LogP contribution in [0.15, 0.2) is 146 Å². The molecule has 53 heavy (non-hydrogen) atoms. The van der Waals surface area contributed by atoms with E-state index in [1.165, 1.54) is 40.2 Å². The molecule has 0 bridgehead atoms. The molecular formula is C45H40NO6P. The molecule has 6 aromatic carbocycles. The average Bonchev–Trinajstić information content (AvgIpc) is 3.48. The van der Waals surface area contributed by atoms with Crippen molar-refractivity contribution < 1.29 is 29.3 Å². The molecule has 1 amide bonds. The van der Waals surface area contributed by atoms with Crippen LogP contribution < -0.4 is 26.0 Å². The number of phenolic OH excluding ortho intramolecular Hbond substituents is 2. The molecule has 0 aromatic heterocycles. The number of ether oxygens (including phenoxy) is 2. The van der Waals surface area contributed by atoms with Crippen molar-refractivity contribution >= 4 is 35.1 Å². The maximum atomic E-state index is 13.5. The monoisotopic (exact) mass is 721 g/mol. The van der Waals surface area contributed by atoms with Crippen molar-refractivity contribution in [2.45, 2.75) is 31.3 Å². The molecule has 8 heteroatoms. The number of carbonyl (C=O) groups is 2. The van der Waals surface area contributed by atoms with Gasteiger partial charge in [0.1, 0.15) is 23.0 Å². The van der Waals surface area contributed by atoms with Crippen LogP contribution in [0.1, 0.15) is 63.1 Å². The number of hydrogen-bond acceptors (Lipinski definition) is 6. The summed E-state index contributed by atoms with van der Waals surface area (Å²) in [5, 5.41) is 27.8. The Balaban J connectivity index is 0.964. The van der Waals surface area contributed by atoms with Gasteiger partial charge in [0.2, 0.25) is 0 Å². The average molecular weight is 722 g/mol. The van der Waals surface area contributed by atoms with Gasteiger partial charge in [-0.15, -0.1) is 0 Å². The number of nitrogens with one attached hydrogen (secondary N) is 1. The third-order valence-corrected chi connectivity index (χ3v) is 15.7. The number of fused-ring (bicyclic) bond motifs is 6. The van der Waals surface area contributed by atoms with Gasteiger partial charge in [0.15, 0.2) is 0 Å². The summed E-state index contributed by atoms with van der Waals surface area (Å²) >= 11 is 0. The fourth-order valence-corrected chi connectivity index (χ4v) is 13.0. The SMILES string of the molecule is O=C(NCCCCCC[PH](c1ccccc1)(c1ccccc1)c1ccccc1)c1ccc2c(c1)C1(OC2=O)c2ccc(O)cc2Oc2cc(O)ccc21. The summed E-state index contributed by atoms with van der Waals surface area (Å²) in [7, 11) is -2.27. The number of aromatic hydroxyl groups is 2. The number of unbranched alkanes of at least 4 members (excludes halogenated alkanes) is 3. The fourth-order valence-electron chi connectivity index (χ4n) is 8.11. The van der Waals surface area contributed by atoms with Crippen LogP contribution in [-0.2, 0) is 10.3 Å². The smallest absolute Gasteiger partial charge is 0.508 e. The quantitative estimate of drug-likeness (QED) is 0.0721. The van der Waals surface area contributed by atoms with E-state index in [2.05, 4.69) is 96.3 Å². The minimum Gasteiger partial charge on any atom is -0.508 e. The van der Waals surface area contributed by atoms with Gasteiger partial charge in [-0.2, -0.15) is 0 Å². The van der Waals surface area contributed by atoms with Crippen LogP contribution in [0.2, 0.25) is 0 Å². The minimum absolute atomic E-state index is 0.0230. The van der Waals surface area contributed by atoms with E-state index < -0.39 is 18.8 Å². The molecule has 2 aliphatic rings. The third-order valence-electron chi connectivity index (χ3n) is 10.6. The van der Waals surface area contributed by atoms with Crippen molar-refractivity contribution in [3.8, 4) is 23.0 Å². The second kappa shape index (κ2) is 14.3. The van der Waals surface area contributed by atoms with Gasteiger partial charge < -0.3 is 19.7 Å². The van der Waals surface area contributed by atoms with Crippen molar-refractivity contribution in [1.82, 2.24) is 5.32 Å². The van der Waals surface area contributed by atoms with Gasteiger partial charge in [-0.05, 0) is 24.3 Å². The van der Waals surface area contributed by atoms with Gasteiger partial charge in [0.05, 0.1) is 0 Å². The second-order valence-electron chi connectivity index (χ2n) is 13.7. The van der Waals surface area contributed by atoms with E-state index >= 15 is 0 Å². The van der Waals surface area contributed by atoms with Crippen LogP contribution in [0, 0.1) is 0 Å². The van der Waals surface area contributed by atoms with Crippen LogP contribution in [0.4, 0.5) is 0 Å². The van der Waals surface area contributed by atoms with Gasteiger partial charge in [-0.3, -0.25) is 0 Å². The Labute approximate surface area is 309 Å². The molecule has 2 heterocycles. The Bertz CT molecular complexity index is 2150. The molecule has 1 spiro atoms. The van der Waals surface area contributed by atoms with Gasteiger partial charge in [0, 0.05) is 23.3 Å². The summed E-state index contributed by atoms with van der Waals surface area (Å²) in [6.45, 7) is 0.521. The standard InChI is InChI=1S/C45H40NO6P/c47-32-21-24-38-41(29-32)51-42-30-33(48)22-25-39(42)45(38)40-28-31(20-23-37(40)44(50)52-45)43(49)46-26-12-1-2-13-27-53(34-14-6-3-7-15-34,35-16-8-4-9-17-35)36-18-10-5-11-19-36/h3-11,14-25,28-30,47-48,53H,1-2,12-13,26-27H2,(H,46,49). The Kier molecular flexibility index (Phi) is 9.19. The number of esters is 1. The molecule has 0 saturated carbocycles. The summed E-state index contributed by atoms with van der Waals surface area (Å²) < 4.78 is 12.2. The van der Waals surface area contributed by atoms with Crippen LogP contribution in [0.3, 0.4) is 0 Å². The van der Waals surface area contributed by atoms with Crippen molar-refractivity contribution in [2.24, 2.45) is 0 Å². The van der Waals surface area contributed by atoms with Gasteiger partial charge in [-0.1, -0.05) is 0 Å². The Hall–Kier alpha value is -5.91. The molecule has 0 unspecified atom stereocenters. The van der Waals surface area contributed by atoms with Crippen molar-refractivity contribution in [1.29, 1.82) is 0 Å². The van der Waals surface area contributed by atoms with Crippen LogP contribution in [-0.4, -0.2) is 34.8 Å². The van der Waals surface area contributed by atoms with Crippen molar-refractivity contribution in [2.75, 3.05) is 12.7 Å². The molecule has 0 fully saturated rings. The topological polar surface area (TPSA) is 105 Å². The number of rotatable bonds is 11. The molecule has 2 aliphatic heterocycles. The molecule has 0 atom stereocenters. The minimum atomic E-state index is -2.27. The molecule has 6 aromatic rings. The molecule has 7 nitrogen and oxygen atoms in total. The predicted molar refractivity (Wildman–Crippen MR) is 210 cm³/mol. The molecule has 3 N–H and O–H groups in total. The van der Waals surface area contributed by atoms with Crippen LogP contribution in [0.25, 0.3) is 0 Å². The Morgan fingerprint density at radius 2 is 1.13 bits per heavy atom. The third kappa shape index (κ3) is 6.11. The second-order valence-corrected chi connectivity index (χ2v) is 17.8. The Morgan fingerprint density at radius 3 is 1.68 bits per heavy atom. The Morgan fingerprint density at radius 1 is 0.604 bits per heavy atom. The number of phenols is 2. The van der Waals surface area contributed by atoms with E-state index in [1.807, 2.05) is 0 Å². The normalized spacial score (nSPS) is 14.0. The van der Waals surface area contributed by atoms with E-state index in [9.17, 15) is 19.8 Å². The van der Waals surface area contributed by atoms with Gasteiger partial charge in [-0.25, -0.2) is 4.79 Å². The number of hydrogen-bond donors (Lipinski definition) is 3. The zero-order valence-corrected chi connectivity index (χ0v) is 30.1. The first-order chi connectivity index (χ1) is 25.9. The fraction of sp³-hybridized carbons (Fsp3) is 0.156. The molecule has 0 radical (unpaired) electrons. The van der Waals surface area contributed by atoms with E-state index in [4.69, 9.17) is 9.47 Å². The number of carbonyl (C=O) groups excluding carboxylic acids is 2. The first-order valence-electron chi connectivity index (χ1n) is 18.1. The number of amides is 1. The van der Waals surface area contributed by atoms with E-state index in [0.29, 0.717) is 34.4 Å². The number of benzene rings is 6. The summed E-state index contributed by atoms with van der Waals surface area (Å²) in [4.78, 5) is 26.9. The van der Waals surface area contributed by atoms with Crippen LogP contribution >= 0.6 is 7.26 Å². The van der Waals surface area contributed by atoms with E-state index in [0.717, 1.165) is 31.8 Å². The summed E-state index contributed by atoms with van der Waals surface area (Å²) in [6.07, 6.45) is 5.02. The summed E-state index contributed by atoms with van der Waals surface area (Å²) in [6, 6.07) is 47.1. The summed E-state index contributed by atoms with van der Waals surface area (Å²) in [5.74, 6) is -0.249. The van der Waals surface area contributed by atoms with Gasteiger partial charge >= 0.3 is 215 Å². The molecule has 0 aliphatic carbocycles. The molecule has 0 saturated heterocycles. The first-order valence-corrected chi connectivity index (χ1v) is 20.3. The van der Waals surface area contributed by atoms with Crippen LogP contribution in [0.5, 0.6) is 23.0 Å². The first kappa shape index (κ1) is 34.2. The predicted octanol–water partition coefficient (Wildman–Crippen LogP) is 7.68. The molecule has 266 valence electrons. The van der Waals surface area contributed by atoms with Gasteiger partial charge in [0.25, 0.3) is 0 Å².